The van der Waals surface area contributed by atoms with Crippen molar-refractivity contribution in [1.82, 2.24) is 4.90 Å². The van der Waals surface area contributed by atoms with Crippen molar-refractivity contribution in [2.24, 2.45) is 5.92 Å². The minimum Gasteiger partial charge on any atom is -0.492 e. The summed E-state index contributed by atoms with van der Waals surface area (Å²) in [5.74, 6) is 1.86. The van der Waals surface area contributed by atoms with Crippen LogP contribution in [0.1, 0.15) is 26.2 Å². The zero-order chi connectivity index (χ0) is 12.8. The van der Waals surface area contributed by atoms with Crippen molar-refractivity contribution in [2.75, 3.05) is 26.2 Å². The number of benzene rings is 1. The molecule has 1 saturated heterocycles. The molecule has 0 aliphatic carbocycles. The number of rotatable bonds is 5. The highest BCUT2D eigenvalue weighted by Gasteiger charge is 2.17. The number of nitrogens with zero attached hydrogens (tertiary/aromatic N) is 1. The molecule has 1 unspecified atom stereocenters. The molecule has 18 heavy (non-hydrogen) atoms. The monoisotopic (exact) mass is 311 g/mol. The maximum Gasteiger partial charge on any atom is 0.119 e. The van der Waals surface area contributed by atoms with Crippen LogP contribution in [0.5, 0.6) is 5.75 Å². The molecule has 1 heterocycles. The third kappa shape index (κ3) is 4.29. The Morgan fingerprint density at radius 2 is 2.11 bits per heavy atom. The third-order valence-electron chi connectivity index (χ3n) is 3.67. The molecule has 0 N–H and O–H groups in total. The molecule has 0 spiro atoms. The second kappa shape index (κ2) is 7.15. The van der Waals surface area contributed by atoms with Crippen molar-refractivity contribution in [1.29, 1.82) is 0 Å². The standard InChI is InChI=1S/C15H22BrNO/c1-2-13-4-3-9-17(12-13)10-11-18-15-7-5-14(16)6-8-15/h5-8,13H,2-4,9-12H2,1H3. The van der Waals surface area contributed by atoms with Gasteiger partial charge in [0, 0.05) is 17.6 Å². The molecule has 0 radical (unpaired) electrons. The van der Waals surface area contributed by atoms with Crippen LogP contribution in [0.2, 0.25) is 0 Å². The van der Waals surface area contributed by atoms with E-state index in [1.54, 1.807) is 0 Å². The van der Waals surface area contributed by atoms with Gasteiger partial charge in [-0.2, -0.15) is 0 Å². The van der Waals surface area contributed by atoms with Gasteiger partial charge < -0.3 is 4.74 Å². The minimum absolute atomic E-state index is 0.790. The number of likely N-dealkylation sites (tertiary alicyclic amines) is 1. The van der Waals surface area contributed by atoms with Crippen LogP contribution in [0, 0.1) is 5.92 Å². The van der Waals surface area contributed by atoms with Gasteiger partial charge in [0.1, 0.15) is 12.4 Å². The molecule has 1 fully saturated rings. The Labute approximate surface area is 118 Å². The fraction of sp³-hybridized carbons (Fsp3) is 0.600. The van der Waals surface area contributed by atoms with E-state index in [1.165, 1.54) is 32.4 Å². The van der Waals surface area contributed by atoms with Crippen molar-refractivity contribution >= 4 is 15.9 Å². The van der Waals surface area contributed by atoms with Gasteiger partial charge in [-0.3, -0.25) is 4.90 Å². The quantitative estimate of drug-likeness (QED) is 0.816. The molecular formula is C15H22BrNO. The molecule has 1 atom stereocenters. The number of piperidine rings is 1. The van der Waals surface area contributed by atoms with Crippen LogP contribution in [0.15, 0.2) is 28.7 Å². The van der Waals surface area contributed by atoms with E-state index in [0.29, 0.717) is 0 Å². The number of halogens is 1. The molecule has 2 nitrogen and oxygen atoms in total. The first-order valence-electron chi connectivity index (χ1n) is 6.88. The maximum absolute atomic E-state index is 5.77. The SMILES string of the molecule is CCC1CCCN(CCOc2ccc(Br)cc2)C1. The van der Waals surface area contributed by atoms with Crippen molar-refractivity contribution in [2.45, 2.75) is 26.2 Å². The third-order valence-corrected chi connectivity index (χ3v) is 4.20. The predicted molar refractivity (Wildman–Crippen MR) is 79.1 cm³/mol. The normalized spacial score (nSPS) is 20.9. The summed E-state index contributed by atoms with van der Waals surface area (Å²) in [5, 5.41) is 0. The molecular weight excluding hydrogens is 290 g/mol. The summed E-state index contributed by atoms with van der Waals surface area (Å²) in [4.78, 5) is 2.54. The Kier molecular flexibility index (Phi) is 5.51. The predicted octanol–water partition coefficient (Wildman–Crippen LogP) is 3.95. The summed E-state index contributed by atoms with van der Waals surface area (Å²) in [5.41, 5.74) is 0. The topological polar surface area (TPSA) is 12.5 Å². The fourth-order valence-electron chi connectivity index (χ4n) is 2.51. The zero-order valence-electron chi connectivity index (χ0n) is 11.1. The smallest absolute Gasteiger partial charge is 0.119 e. The lowest BCUT2D eigenvalue weighted by molar-refractivity contribution is 0.145. The van der Waals surface area contributed by atoms with Gasteiger partial charge in [-0.15, -0.1) is 0 Å². The Hall–Kier alpha value is -0.540. The molecule has 1 aliphatic rings. The van der Waals surface area contributed by atoms with E-state index in [4.69, 9.17) is 4.74 Å². The first kappa shape index (κ1) is 13.9. The summed E-state index contributed by atoms with van der Waals surface area (Å²) in [6.45, 7) is 6.62. The van der Waals surface area contributed by atoms with E-state index in [1.807, 2.05) is 24.3 Å². The first-order valence-corrected chi connectivity index (χ1v) is 7.68. The second-order valence-corrected chi connectivity index (χ2v) is 5.94. The molecule has 1 aromatic carbocycles. The van der Waals surface area contributed by atoms with Crippen LogP contribution in [-0.2, 0) is 0 Å². The molecule has 1 aromatic rings. The lowest BCUT2D eigenvalue weighted by Crippen LogP contribution is -2.37. The largest absolute Gasteiger partial charge is 0.492 e. The van der Waals surface area contributed by atoms with Gasteiger partial charge in [-0.1, -0.05) is 29.3 Å². The van der Waals surface area contributed by atoms with Gasteiger partial charge >= 0.3 is 0 Å². The highest BCUT2D eigenvalue weighted by Crippen LogP contribution is 2.19. The van der Waals surface area contributed by atoms with Gasteiger partial charge in [-0.05, 0) is 49.6 Å². The summed E-state index contributed by atoms with van der Waals surface area (Å²) in [6.07, 6.45) is 4.06. The van der Waals surface area contributed by atoms with Gasteiger partial charge in [0.05, 0.1) is 0 Å². The first-order chi connectivity index (χ1) is 8.78. The molecule has 2 rings (SSSR count). The Morgan fingerprint density at radius 1 is 1.33 bits per heavy atom. The number of ether oxygens (including phenoxy) is 1. The second-order valence-electron chi connectivity index (χ2n) is 5.02. The Morgan fingerprint density at radius 3 is 2.83 bits per heavy atom. The summed E-state index contributed by atoms with van der Waals surface area (Å²) in [7, 11) is 0. The lowest BCUT2D eigenvalue weighted by atomic mass is 9.96. The van der Waals surface area contributed by atoms with E-state index in [-0.39, 0.29) is 0 Å². The minimum atomic E-state index is 0.790. The molecule has 0 aromatic heterocycles. The van der Waals surface area contributed by atoms with Crippen LogP contribution in [0.25, 0.3) is 0 Å². The molecule has 1 aliphatic heterocycles. The van der Waals surface area contributed by atoms with Crippen LogP contribution in [0.3, 0.4) is 0 Å². The van der Waals surface area contributed by atoms with Gasteiger partial charge in [0.2, 0.25) is 0 Å². The molecule has 0 amide bonds. The number of hydrogen-bond donors (Lipinski definition) is 0. The van der Waals surface area contributed by atoms with Crippen LogP contribution < -0.4 is 4.74 Å². The molecule has 0 saturated carbocycles. The van der Waals surface area contributed by atoms with Crippen molar-refractivity contribution in [3.8, 4) is 5.75 Å². The maximum atomic E-state index is 5.77. The highest BCUT2D eigenvalue weighted by atomic mass is 79.9. The van der Waals surface area contributed by atoms with E-state index in [2.05, 4.69) is 27.8 Å². The van der Waals surface area contributed by atoms with E-state index in [9.17, 15) is 0 Å². The summed E-state index contributed by atoms with van der Waals surface area (Å²) >= 11 is 3.43. The van der Waals surface area contributed by atoms with Crippen LogP contribution in [0.4, 0.5) is 0 Å². The average Bonchev–Trinajstić information content (AvgIpc) is 2.41. The average molecular weight is 312 g/mol. The van der Waals surface area contributed by atoms with Crippen molar-refractivity contribution in [3.05, 3.63) is 28.7 Å². The molecule has 100 valence electrons. The molecule has 3 heteroatoms. The number of hydrogen-bond acceptors (Lipinski definition) is 2. The van der Waals surface area contributed by atoms with Crippen LogP contribution in [-0.4, -0.2) is 31.1 Å². The van der Waals surface area contributed by atoms with Crippen molar-refractivity contribution < 1.29 is 4.74 Å². The van der Waals surface area contributed by atoms with Crippen molar-refractivity contribution in [3.63, 3.8) is 0 Å². The van der Waals surface area contributed by atoms with Crippen LogP contribution >= 0.6 is 15.9 Å². The fourth-order valence-corrected chi connectivity index (χ4v) is 2.78. The Bertz CT molecular complexity index is 352. The van der Waals surface area contributed by atoms with E-state index in [0.717, 1.165) is 29.3 Å². The van der Waals surface area contributed by atoms with E-state index >= 15 is 0 Å². The lowest BCUT2D eigenvalue weighted by Gasteiger charge is -2.32. The molecule has 0 bridgehead atoms. The van der Waals surface area contributed by atoms with Gasteiger partial charge in [0.15, 0.2) is 0 Å². The highest BCUT2D eigenvalue weighted by molar-refractivity contribution is 9.10. The van der Waals surface area contributed by atoms with Gasteiger partial charge in [-0.25, -0.2) is 0 Å². The summed E-state index contributed by atoms with van der Waals surface area (Å²) in [6, 6.07) is 8.05. The summed E-state index contributed by atoms with van der Waals surface area (Å²) < 4.78 is 6.86. The Balaban J connectivity index is 1.70. The van der Waals surface area contributed by atoms with E-state index < -0.39 is 0 Å². The zero-order valence-corrected chi connectivity index (χ0v) is 12.7. The van der Waals surface area contributed by atoms with Gasteiger partial charge in [0.25, 0.3) is 0 Å².